The van der Waals surface area contributed by atoms with Crippen molar-refractivity contribution in [1.29, 1.82) is 0 Å². The first-order valence-corrected chi connectivity index (χ1v) is 23.3. The van der Waals surface area contributed by atoms with E-state index in [0.717, 1.165) is 83.2 Å². The summed E-state index contributed by atoms with van der Waals surface area (Å²) in [4.78, 5) is 15.8. The van der Waals surface area contributed by atoms with E-state index < -0.39 is 0 Å². The topological polar surface area (TPSA) is 61.7 Å². The van der Waals surface area contributed by atoms with Crippen molar-refractivity contribution in [2.75, 3.05) is 0 Å². The maximum atomic E-state index is 7.02. The summed E-state index contributed by atoms with van der Waals surface area (Å²) in [6.07, 6.45) is 0. The lowest BCUT2D eigenvalue weighted by Gasteiger charge is -2.17. The third kappa shape index (κ3) is 6.30. The Bertz CT molecular complexity index is 4190. The van der Waals surface area contributed by atoms with Gasteiger partial charge in [0, 0.05) is 65.9 Å². The van der Waals surface area contributed by atoms with Crippen LogP contribution in [-0.4, -0.2) is 24.1 Å². The van der Waals surface area contributed by atoms with Crippen LogP contribution in [0.2, 0.25) is 0 Å². The lowest BCUT2D eigenvalue weighted by molar-refractivity contribution is 0.670. The average Bonchev–Trinajstić information content (AvgIpc) is 4.09. The molecule has 0 amide bonds. The van der Waals surface area contributed by atoms with E-state index in [-0.39, 0.29) is 0 Å². The molecule has 6 heteroatoms. The first-order chi connectivity index (χ1) is 34.2. The van der Waals surface area contributed by atoms with Gasteiger partial charge in [-0.15, -0.1) is 0 Å². The van der Waals surface area contributed by atoms with Gasteiger partial charge in [-0.25, -0.2) is 15.0 Å². The van der Waals surface area contributed by atoms with Crippen LogP contribution in [-0.2, 0) is 0 Å². The maximum Gasteiger partial charge on any atom is 0.164 e. The fourth-order valence-electron chi connectivity index (χ4n) is 10.4. The molecule has 0 spiro atoms. The highest BCUT2D eigenvalue weighted by Gasteiger charge is 2.24. The molecule has 0 radical (unpaired) electrons. The number of rotatable bonds is 7. The minimum atomic E-state index is 0.561. The fourth-order valence-corrected chi connectivity index (χ4v) is 10.4. The van der Waals surface area contributed by atoms with Gasteiger partial charge in [0.25, 0.3) is 0 Å². The fraction of sp³-hybridized carbons (Fsp3) is 0. The van der Waals surface area contributed by atoms with Crippen LogP contribution in [0.15, 0.2) is 241 Å². The molecule has 10 aromatic carbocycles. The Kier molecular flexibility index (Phi) is 8.79. The molecule has 14 rings (SSSR count). The summed E-state index contributed by atoms with van der Waals surface area (Å²) in [6.45, 7) is 0. The molecular weight excluding hydrogens is 843 g/mol. The molecule has 0 aliphatic rings. The molecule has 0 N–H and O–H groups in total. The van der Waals surface area contributed by atoms with Crippen LogP contribution in [0.4, 0.5) is 0 Å². The minimum absolute atomic E-state index is 0.561. The zero-order valence-electron chi connectivity index (χ0n) is 37.2. The monoisotopic (exact) mass is 881 g/mol. The standard InChI is InChI=1S/C63H39N5O/c1-4-18-40(19-5-1)43-32-35-58-52(36-43)48-26-12-16-30-57(48)67(58)44-33-34-50(63-65-61(41-20-6-2-7-21-41)64-62(66-63)42-22-8-3-9-23-42)51(37-44)54-39-45(38-53-49-27-13-17-31-59(49)69-60(53)54)68-55-28-14-10-24-46(55)47-25-11-15-29-56(47)68/h1-39H. The van der Waals surface area contributed by atoms with Gasteiger partial charge in [0.05, 0.1) is 22.1 Å². The highest BCUT2D eigenvalue weighted by molar-refractivity contribution is 6.14. The predicted molar refractivity (Wildman–Crippen MR) is 283 cm³/mol. The van der Waals surface area contributed by atoms with Gasteiger partial charge in [0.1, 0.15) is 11.2 Å². The normalized spacial score (nSPS) is 11.8. The van der Waals surface area contributed by atoms with Crippen LogP contribution in [0.25, 0.3) is 133 Å². The number of nitrogens with zero attached hydrogens (tertiary/aromatic N) is 5. The third-order valence-electron chi connectivity index (χ3n) is 13.6. The second kappa shape index (κ2) is 15.6. The molecule has 0 bridgehead atoms. The minimum Gasteiger partial charge on any atom is -0.455 e. The van der Waals surface area contributed by atoms with Gasteiger partial charge in [-0.3, -0.25) is 0 Å². The Morgan fingerprint density at radius 3 is 1.38 bits per heavy atom. The maximum absolute atomic E-state index is 7.02. The molecule has 0 aliphatic heterocycles. The summed E-state index contributed by atoms with van der Waals surface area (Å²) in [5.74, 6) is 1.75. The number of hydrogen-bond acceptors (Lipinski definition) is 4. The molecule has 0 saturated heterocycles. The molecule has 4 heterocycles. The average molecular weight is 882 g/mol. The van der Waals surface area contributed by atoms with Gasteiger partial charge in [-0.2, -0.15) is 0 Å². The van der Waals surface area contributed by atoms with E-state index >= 15 is 0 Å². The van der Waals surface area contributed by atoms with Crippen molar-refractivity contribution in [3.05, 3.63) is 237 Å². The van der Waals surface area contributed by atoms with E-state index in [1.54, 1.807) is 0 Å². The number of hydrogen-bond donors (Lipinski definition) is 0. The zero-order chi connectivity index (χ0) is 45.4. The molecule has 322 valence electrons. The van der Waals surface area contributed by atoms with Crippen molar-refractivity contribution < 1.29 is 4.42 Å². The second-order valence-electron chi connectivity index (χ2n) is 17.6. The molecule has 14 aromatic rings. The molecule has 4 aromatic heterocycles. The van der Waals surface area contributed by atoms with Crippen LogP contribution >= 0.6 is 0 Å². The van der Waals surface area contributed by atoms with Crippen molar-refractivity contribution in [2.45, 2.75) is 0 Å². The number of furan rings is 1. The van der Waals surface area contributed by atoms with E-state index in [1.807, 2.05) is 42.5 Å². The Hall–Kier alpha value is -9.39. The van der Waals surface area contributed by atoms with Gasteiger partial charge in [-0.1, -0.05) is 170 Å². The van der Waals surface area contributed by atoms with Gasteiger partial charge in [0.2, 0.25) is 0 Å². The summed E-state index contributed by atoms with van der Waals surface area (Å²) in [7, 11) is 0. The van der Waals surface area contributed by atoms with E-state index in [4.69, 9.17) is 19.4 Å². The number of fused-ring (bicyclic) bond motifs is 9. The van der Waals surface area contributed by atoms with E-state index in [2.05, 4.69) is 203 Å². The summed E-state index contributed by atoms with van der Waals surface area (Å²) < 4.78 is 11.8. The molecular formula is C63H39N5O. The smallest absolute Gasteiger partial charge is 0.164 e. The van der Waals surface area contributed by atoms with Crippen LogP contribution in [0.5, 0.6) is 0 Å². The molecule has 0 fully saturated rings. The molecule has 69 heavy (non-hydrogen) atoms. The SMILES string of the molecule is c1ccc(-c2ccc3c(c2)c2ccccc2n3-c2ccc(-c3nc(-c4ccccc4)nc(-c4ccccc4)n3)c(-c3cc(-n4c5ccccc5c5ccccc54)cc4c3oc3ccccc34)c2)cc1. The van der Waals surface area contributed by atoms with E-state index in [1.165, 1.54) is 32.7 Å². The summed E-state index contributed by atoms with van der Waals surface area (Å²) in [6, 6.07) is 83.4. The molecule has 0 saturated carbocycles. The highest BCUT2D eigenvalue weighted by atomic mass is 16.3. The van der Waals surface area contributed by atoms with E-state index in [0.29, 0.717) is 17.5 Å². The number of para-hydroxylation sites is 4. The summed E-state index contributed by atoms with van der Waals surface area (Å²) in [5.41, 5.74) is 15.0. The second-order valence-corrected chi connectivity index (χ2v) is 17.6. The molecule has 6 nitrogen and oxygen atoms in total. The Balaban J connectivity index is 1.10. The van der Waals surface area contributed by atoms with Gasteiger partial charge in [-0.05, 0) is 83.4 Å². The van der Waals surface area contributed by atoms with Gasteiger partial charge >= 0.3 is 0 Å². The van der Waals surface area contributed by atoms with Gasteiger partial charge < -0.3 is 13.6 Å². The van der Waals surface area contributed by atoms with Crippen molar-refractivity contribution in [3.63, 3.8) is 0 Å². The Morgan fingerprint density at radius 2 is 0.754 bits per heavy atom. The van der Waals surface area contributed by atoms with Gasteiger partial charge in [0.15, 0.2) is 17.5 Å². The lowest BCUT2D eigenvalue weighted by Crippen LogP contribution is -2.02. The zero-order valence-corrected chi connectivity index (χ0v) is 37.2. The van der Waals surface area contributed by atoms with Crippen LogP contribution in [0.1, 0.15) is 0 Å². The van der Waals surface area contributed by atoms with E-state index in [9.17, 15) is 0 Å². The number of benzene rings is 10. The quantitative estimate of drug-likeness (QED) is 0.160. The summed E-state index contributed by atoms with van der Waals surface area (Å²) >= 11 is 0. The van der Waals surface area contributed by atoms with Crippen molar-refractivity contribution >= 4 is 65.6 Å². The molecule has 0 unspecified atom stereocenters. The Labute approximate surface area is 396 Å². The summed E-state index contributed by atoms with van der Waals surface area (Å²) in [5, 5.41) is 6.83. The molecule has 0 aliphatic carbocycles. The number of aromatic nitrogens is 5. The largest absolute Gasteiger partial charge is 0.455 e. The highest BCUT2D eigenvalue weighted by Crippen LogP contribution is 2.45. The first kappa shape index (κ1) is 38.8. The first-order valence-electron chi connectivity index (χ1n) is 23.3. The Morgan fingerprint density at radius 1 is 0.275 bits per heavy atom. The van der Waals surface area contributed by atoms with Crippen molar-refractivity contribution in [2.24, 2.45) is 0 Å². The van der Waals surface area contributed by atoms with Crippen LogP contribution < -0.4 is 0 Å². The predicted octanol–water partition coefficient (Wildman–Crippen LogP) is 16.3. The molecule has 0 atom stereocenters. The van der Waals surface area contributed by atoms with Crippen molar-refractivity contribution in [1.82, 2.24) is 24.1 Å². The van der Waals surface area contributed by atoms with Crippen LogP contribution in [0, 0.1) is 0 Å². The van der Waals surface area contributed by atoms with Crippen molar-refractivity contribution in [3.8, 4) is 67.8 Å². The third-order valence-corrected chi connectivity index (χ3v) is 13.6. The van der Waals surface area contributed by atoms with Crippen LogP contribution in [0.3, 0.4) is 0 Å². The lowest BCUT2D eigenvalue weighted by atomic mass is 9.95.